The Balaban J connectivity index is 1.56. The van der Waals surface area contributed by atoms with Gasteiger partial charge >= 0.3 is 6.18 Å². The number of nitrogens with zero attached hydrogens (tertiary/aromatic N) is 6. The Morgan fingerprint density at radius 1 is 1.08 bits per heavy atom. The van der Waals surface area contributed by atoms with Crippen molar-refractivity contribution in [2.75, 3.05) is 37.8 Å². The first-order valence-electron chi connectivity index (χ1n) is 12.4. The van der Waals surface area contributed by atoms with Gasteiger partial charge < -0.3 is 15.5 Å². The standard InChI is InChI=1S/C27H31F3N8O/c1-17-7-8-19(11-25(17)38-16-24(34-35-38)23-15-32-37(5)18(23)2)26(39)33-22-13-20(27(28,29)30)12-21(14-22)31-9-6-10-36(3)4/h7-8,11-16,31H,6,9-10H2,1-5H3,(H,33,39). The predicted octanol–water partition coefficient (Wildman–Crippen LogP) is 4.92. The van der Waals surface area contributed by atoms with Gasteiger partial charge in [-0.1, -0.05) is 11.3 Å². The lowest BCUT2D eigenvalue weighted by atomic mass is 10.1. The van der Waals surface area contributed by atoms with Crippen LogP contribution in [0.5, 0.6) is 0 Å². The van der Waals surface area contributed by atoms with Gasteiger partial charge in [-0.05, 0) is 76.8 Å². The fourth-order valence-corrected chi connectivity index (χ4v) is 4.05. The van der Waals surface area contributed by atoms with Crippen LogP contribution < -0.4 is 10.6 Å². The average Bonchev–Trinajstić information content (AvgIpc) is 3.48. The van der Waals surface area contributed by atoms with E-state index < -0.39 is 17.6 Å². The fourth-order valence-electron chi connectivity index (χ4n) is 4.05. The van der Waals surface area contributed by atoms with Crippen LogP contribution in [-0.2, 0) is 13.2 Å². The molecule has 0 aliphatic rings. The van der Waals surface area contributed by atoms with Gasteiger partial charge in [-0.2, -0.15) is 18.3 Å². The maximum Gasteiger partial charge on any atom is 0.416 e. The van der Waals surface area contributed by atoms with Gasteiger partial charge in [0.25, 0.3) is 5.91 Å². The van der Waals surface area contributed by atoms with Crippen molar-refractivity contribution in [2.45, 2.75) is 26.4 Å². The molecule has 2 aromatic heterocycles. The third-order valence-electron chi connectivity index (χ3n) is 6.35. The summed E-state index contributed by atoms with van der Waals surface area (Å²) in [5.41, 5.74) is 3.61. The maximum absolute atomic E-state index is 13.6. The normalized spacial score (nSPS) is 11.7. The first-order chi connectivity index (χ1) is 18.4. The Hall–Kier alpha value is -4.19. The summed E-state index contributed by atoms with van der Waals surface area (Å²) in [5, 5.41) is 18.3. The number of carbonyl (C=O) groups is 1. The van der Waals surface area contributed by atoms with Gasteiger partial charge in [0.1, 0.15) is 5.69 Å². The molecule has 0 atom stereocenters. The maximum atomic E-state index is 13.6. The predicted molar refractivity (Wildman–Crippen MR) is 144 cm³/mol. The second-order valence-corrected chi connectivity index (χ2v) is 9.65. The molecule has 0 radical (unpaired) electrons. The molecule has 0 bridgehead atoms. The Bertz CT molecular complexity index is 1470. The first kappa shape index (κ1) is 27.8. The number of alkyl halides is 3. The van der Waals surface area contributed by atoms with Crippen molar-refractivity contribution in [3.05, 3.63) is 71.2 Å². The molecular weight excluding hydrogens is 509 g/mol. The molecule has 206 valence electrons. The van der Waals surface area contributed by atoms with E-state index in [4.69, 9.17) is 0 Å². The summed E-state index contributed by atoms with van der Waals surface area (Å²) in [7, 11) is 5.69. The van der Waals surface area contributed by atoms with Crippen LogP contribution in [0.1, 0.15) is 33.6 Å². The van der Waals surface area contributed by atoms with Crippen LogP contribution in [0, 0.1) is 13.8 Å². The molecule has 2 heterocycles. The molecule has 39 heavy (non-hydrogen) atoms. The van der Waals surface area contributed by atoms with Crippen molar-refractivity contribution >= 4 is 17.3 Å². The quantitative estimate of drug-likeness (QED) is 0.293. The third kappa shape index (κ3) is 6.63. The number of anilines is 2. The highest BCUT2D eigenvalue weighted by Crippen LogP contribution is 2.33. The number of aryl methyl sites for hydroxylation is 2. The molecular formula is C27H31F3N8O. The van der Waals surface area contributed by atoms with Gasteiger partial charge in [0, 0.05) is 41.8 Å². The summed E-state index contributed by atoms with van der Waals surface area (Å²) >= 11 is 0. The first-order valence-corrected chi connectivity index (χ1v) is 12.4. The summed E-state index contributed by atoms with van der Waals surface area (Å²) < 4.78 is 44.0. The van der Waals surface area contributed by atoms with Crippen molar-refractivity contribution in [2.24, 2.45) is 7.05 Å². The van der Waals surface area contributed by atoms with Crippen LogP contribution in [0.15, 0.2) is 48.8 Å². The minimum Gasteiger partial charge on any atom is -0.385 e. The topological polar surface area (TPSA) is 92.9 Å². The molecule has 0 unspecified atom stereocenters. The van der Waals surface area contributed by atoms with Crippen LogP contribution in [0.25, 0.3) is 16.9 Å². The molecule has 0 spiro atoms. The fraction of sp³-hybridized carbons (Fsp3) is 0.333. The summed E-state index contributed by atoms with van der Waals surface area (Å²) in [6, 6.07) is 8.47. The van der Waals surface area contributed by atoms with Gasteiger partial charge in [-0.25, -0.2) is 4.68 Å². The molecule has 0 aliphatic carbocycles. The summed E-state index contributed by atoms with van der Waals surface area (Å²) in [6.07, 6.45) is -0.355. The highest BCUT2D eigenvalue weighted by molar-refractivity contribution is 6.05. The van der Waals surface area contributed by atoms with E-state index in [2.05, 4.69) is 26.0 Å². The SMILES string of the molecule is Cc1ccc(C(=O)Nc2cc(NCCCN(C)C)cc(C(F)(F)F)c2)cc1-n1cc(-c2cnn(C)c2C)nn1. The smallest absolute Gasteiger partial charge is 0.385 e. The van der Waals surface area contributed by atoms with Gasteiger partial charge in [0.2, 0.25) is 0 Å². The minimum atomic E-state index is -4.56. The summed E-state index contributed by atoms with van der Waals surface area (Å²) in [5.74, 6) is -0.544. The van der Waals surface area contributed by atoms with Gasteiger partial charge in [-0.15, -0.1) is 5.10 Å². The molecule has 0 fully saturated rings. The molecule has 0 saturated heterocycles. The number of nitrogens with one attached hydrogen (secondary N) is 2. The molecule has 2 aromatic carbocycles. The monoisotopic (exact) mass is 540 g/mol. The van der Waals surface area contributed by atoms with Crippen LogP contribution >= 0.6 is 0 Å². The lowest BCUT2D eigenvalue weighted by Gasteiger charge is -2.15. The minimum absolute atomic E-state index is 0.0437. The number of hydrogen-bond donors (Lipinski definition) is 2. The highest BCUT2D eigenvalue weighted by Gasteiger charge is 2.31. The highest BCUT2D eigenvalue weighted by atomic mass is 19.4. The molecule has 0 aliphatic heterocycles. The Morgan fingerprint density at radius 3 is 2.49 bits per heavy atom. The molecule has 2 N–H and O–H groups in total. The van der Waals surface area contributed by atoms with E-state index in [1.165, 1.54) is 6.07 Å². The van der Waals surface area contributed by atoms with E-state index in [1.54, 1.807) is 40.0 Å². The van der Waals surface area contributed by atoms with E-state index in [0.717, 1.165) is 41.9 Å². The summed E-state index contributed by atoms with van der Waals surface area (Å²) in [4.78, 5) is 15.1. The number of carbonyl (C=O) groups excluding carboxylic acids is 1. The van der Waals surface area contributed by atoms with Crippen molar-refractivity contribution in [3.8, 4) is 16.9 Å². The zero-order valence-electron chi connectivity index (χ0n) is 22.5. The largest absolute Gasteiger partial charge is 0.416 e. The average molecular weight is 541 g/mol. The van der Waals surface area contributed by atoms with Crippen LogP contribution in [0.3, 0.4) is 0 Å². The van der Waals surface area contributed by atoms with Crippen LogP contribution in [0.2, 0.25) is 0 Å². The number of benzene rings is 2. The van der Waals surface area contributed by atoms with E-state index in [9.17, 15) is 18.0 Å². The zero-order valence-corrected chi connectivity index (χ0v) is 22.5. The molecule has 9 nitrogen and oxygen atoms in total. The van der Waals surface area contributed by atoms with E-state index in [1.807, 2.05) is 39.9 Å². The number of halogens is 3. The van der Waals surface area contributed by atoms with Gasteiger partial charge in [0.05, 0.1) is 23.6 Å². The number of amides is 1. The number of aromatic nitrogens is 5. The van der Waals surface area contributed by atoms with Crippen molar-refractivity contribution in [1.82, 2.24) is 29.7 Å². The van der Waals surface area contributed by atoms with E-state index in [0.29, 0.717) is 17.9 Å². The van der Waals surface area contributed by atoms with Crippen molar-refractivity contribution < 1.29 is 18.0 Å². The second kappa shape index (κ2) is 11.3. The molecule has 12 heteroatoms. The Labute approximate surface area is 224 Å². The third-order valence-corrected chi connectivity index (χ3v) is 6.35. The Morgan fingerprint density at radius 2 is 1.82 bits per heavy atom. The van der Waals surface area contributed by atoms with Gasteiger partial charge in [-0.3, -0.25) is 9.48 Å². The van der Waals surface area contributed by atoms with E-state index >= 15 is 0 Å². The van der Waals surface area contributed by atoms with E-state index in [-0.39, 0.29) is 16.9 Å². The Kier molecular flexibility index (Phi) is 8.05. The second-order valence-electron chi connectivity index (χ2n) is 9.65. The van der Waals surface area contributed by atoms with Crippen molar-refractivity contribution in [1.29, 1.82) is 0 Å². The molecule has 4 aromatic rings. The molecule has 4 rings (SSSR count). The van der Waals surface area contributed by atoms with Gasteiger partial charge in [0.15, 0.2) is 0 Å². The molecule has 1 amide bonds. The zero-order chi connectivity index (χ0) is 28.3. The molecule has 0 saturated carbocycles. The van der Waals surface area contributed by atoms with Crippen molar-refractivity contribution in [3.63, 3.8) is 0 Å². The lowest BCUT2D eigenvalue weighted by Crippen LogP contribution is -2.17. The lowest BCUT2D eigenvalue weighted by molar-refractivity contribution is -0.137. The van der Waals surface area contributed by atoms with Crippen LogP contribution in [0.4, 0.5) is 24.5 Å². The number of rotatable bonds is 9. The number of hydrogen-bond acceptors (Lipinski definition) is 6. The van der Waals surface area contributed by atoms with Crippen LogP contribution in [-0.4, -0.2) is 62.8 Å². The summed E-state index contributed by atoms with van der Waals surface area (Å²) in [6.45, 7) is 5.08.